The highest BCUT2D eigenvalue weighted by atomic mass is 127. The molecule has 0 spiro atoms. The summed E-state index contributed by atoms with van der Waals surface area (Å²) in [5.41, 5.74) is 0.848. The van der Waals surface area contributed by atoms with Crippen molar-refractivity contribution in [2.45, 2.75) is 19.9 Å². The van der Waals surface area contributed by atoms with Crippen molar-refractivity contribution in [1.82, 2.24) is 15.5 Å². The van der Waals surface area contributed by atoms with E-state index in [0.717, 1.165) is 23.2 Å². The number of para-hydroxylation sites is 1. The number of nitrogens with zero attached hydrogens (tertiary/aromatic N) is 2. The van der Waals surface area contributed by atoms with Gasteiger partial charge < -0.3 is 15.1 Å². The Labute approximate surface area is 198 Å². The lowest BCUT2D eigenvalue weighted by Crippen LogP contribution is -2.43. The van der Waals surface area contributed by atoms with E-state index in [4.69, 9.17) is 4.42 Å². The summed E-state index contributed by atoms with van der Waals surface area (Å²) in [5.74, 6) is 1.63. The van der Waals surface area contributed by atoms with Crippen molar-refractivity contribution >= 4 is 52.7 Å². The maximum atomic E-state index is 12.8. The smallest absolute Gasteiger partial charge is 0.233 e. The minimum atomic E-state index is -0.137. The third kappa shape index (κ3) is 3.97. The van der Waals surface area contributed by atoms with E-state index in [9.17, 15) is 9.59 Å². The summed E-state index contributed by atoms with van der Waals surface area (Å²) in [6.45, 7) is 3.94. The molecule has 2 aliphatic carbocycles. The summed E-state index contributed by atoms with van der Waals surface area (Å²) in [7, 11) is 0. The molecule has 2 aromatic rings. The van der Waals surface area contributed by atoms with Gasteiger partial charge >= 0.3 is 0 Å². The van der Waals surface area contributed by atoms with E-state index in [1.54, 1.807) is 0 Å². The van der Waals surface area contributed by atoms with Crippen molar-refractivity contribution in [3.8, 4) is 0 Å². The second-order valence-corrected chi connectivity index (χ2v) is 8.20. The maximum absolute atomic E-state index is 12.8. The van der Waals surface area contributed by atoms with E-state index in [-0.39, 0.29) is 59.5 Å². The standard InChI is InChI=1S/C23H26N4O3.HI/c1-2-24-23(26-13-17-12-14-5-3-4-6-18(14)30-17)25-9-10-27-21(28)19-15-7-8-16(11-15)20(19)22(27)29;/h3-8,12,15-16,19-20H,2,9-11,13H2,1H3,(H2,24,25,26);1H. The molecule has 2 heterocycles. The van der Waals surface area contributed by atoms with Crippen LogP contribution in [-0.2, 0) is 16.1 Å². The van der Waals surface area contributed by atoms with Crippen molar-refractivity contribution in [2.24, 2.45) is 28.7 Å². The molecule has 1 aromatic carbocycles. The molecule has 5 rings (SSSR count). The number of fused-ring (bicyclic) bond motifs is 6. The van der Waals surface area contributed by atoms with E-state index in [1.165, 1.54) is 4.90 Å². The Morgan fingerprint density at radius 1 is 1.13 bits per heavy atom. The fourth-order valence-corrected chi connectivity index (χ4v) is 5.08. The highest BCUT2D eigenvalue weighted by molar-refractivity contribution is 14.0. The number of furan rings is 1. The number of allylic oxidation sites excluding steroid dienone is 2. The Morgan fingerprint density at radius 2 is 1.84 bits per heavy atom. The summed E-state index contributed by atoms with van der Waals surface area (Å²) in [6.07, 6.45) is 5.19. The largest absolute Gasteiger partial charge is 0.459 e. The Morgan fingerprint density at radius 3 is 2.52 bits per heavy atom. The molecule has 164 valence electrons. The van der Waals surface area contributed by atoms with Gasteiger partial charge in [0.2, 0.25) is 11.8 Å². The van der Waals surface area contributed by atoms with Crippen molar-refractivity contribution in [2.75, 3.05) is 19.6 Å². The zero-order chi connectivity index (χ0) is 20.7. The number of nitrogens with one attached hydrogen (secondary N) is 2. The average Bonchev–Trinajstić information content (AvgIpc) is 3.51. The Hall–Kier alpha value is -2.36. The number of hydrogen-bond donors (Lipinski definition) is 2. The third-order valence-electron chi connectivity index (χ3n) is 6.40. The van der Waals surface area contributed by atoms with Gasteiger partial charge in [-0.25, -0.2) is 4.99 Å². The molecule has 1 aliphatic heterocycles. The SMILES string of the molecule is CCNC(=NCc1cc2ccccc2o1)NCCN1C(=O)C2C3C=CC(C3)C2C1=O.I. The molecule has 8 heteroatoms. The van der Waals surface area contributed by atoms with Crippen LogP contribution in [0.2, 0.25) is 0 Å². The fourth-order valence-electron chi connectivity index (χ4n) is 5.08. The number of halogens is 1. The molecule has 1 saturated carbocycles. The van der Waals surface area contributed by atoms with Crippen molar-refractivity contribution in [1.29, 1.82) is 0 Å². The molecule has 3 aliphatic rings. The number of likely N-dealkylation sites (tertiary alicyclic amines) is 1. The molecule has 4 unspecified atom stereocenters. The van der Waals surface area contributed by atoms with Gasteiger partial charge in [0.05, 0.1) is 11.8 Å². The number of imide groups is 1. The lowest BCUT2D eigenvalue weighted by atomic mass is 9.85. The molecule has 2 amide bonds. The number of benzene rings is 1. The van der Waals surface area contributed by atoms with Crippen molar-refractivity contribution in [3.05, 3.63) is 48.2 Å². The van der Waals surface area contributed by atoms with Crippen LogP contribution < -0.4 is 10.6 Å². The van der Waals surface area contributed by atoms with Crippen LogP contribution in [0.4, 0.5) is 0 Å². The second kappa shape index (κ2) is 9.02. The Bertz CT molecular complexity index is 983. The van der Waals surface area contributed by atoms with Crippen molar-refractivity contribution in [3.63, 3.8) is 0 Å². The summed E-state index contributed by atoms with van der Waals surface area (Å²) < 4.78 is 5.81. The van der Waals surface area contributed by atoms with Crippen LogP contribution in [0, 0.1) is 23.7 Å². The van der Waals surface area contributed by atoms with E-state index in [0.29, 0.717) is 32.1 Å². The highest BCUT2D eigenvalue weighted by Crippen LogP contribution is 2.52. The first kappa shape index (κ1) is 21.9. The van der Waals surface area contributed by atoms with Gasteiger partial charge in [-0.15, -0.1) is 24.0 Å². The molecule has 7 nitrogen and oxygen atoms in total. The number of rotatable bonds is 6. The molecule has 0 radical (unpaired) electrons. The van der Waals surface area contributed by atoms with Crippen LogP contribution in [0.1, 0.15) is 19.1 Å². The van der Waals surface area contributed by atoms with Crippen LogP contribution in [-0.4, -0.2) is 42.3 Å². The minimum Gasteiger partial charge on any atom is -0.459 e. The Kier molecular flexibility index (Phi) is 6.36. The monoisotopic (exact) mass is 534 g/mol. The number of carbonyl (C=O) groups is 2. The van der Waals surface area contributed by atoms with Gasteiger partial charge in [0, 0.05) is 25.0 Å². The zero-order valence-corrected chi connectivity index (χ0v) is 19.7. The number of carbonyl (C=O) groups excluding carboxylic acids is 2. The first-order valence-electron chi connectivity index (χ1n) is 10.7. The zero-order valence-electron chi connectivity index (χ0n) is 17.4. The van der Waals surface area contributed by atoms with E-state index >= 15 is 0 Å². The Balaban J connectivity index is 0.00000231. The van der Waals surface area contributed by atoms with E-state index in [1.807, 2.05) is 37.3 Å². The fraction of sp³-hybridized carbons (Fsp3) is 0.435. The normalized spacial score (nSPS) is 26.5. The van der Waals surface area contributed by atoms with Gasteiger partial charge in [0.25, 0.3) is 0 Å². The first-order chi connectivity index (χ1) is 14.7. The van der Waals surface area contributed by atoms with Crippen molar-refractivity contribution < 1.29 is 14.0 Å². The number of guanidine groups is 1. The lowest BCUT2D eigenvalue weighted by molar-refractivity contribution is -0.140. The molecule has 1 saturated heterocycles. The number of amides is 2. The molecule has 4 atom stereocenters. The van der Waals surface area contributed by atoms with Gasteiger partial charge in [-0.2, -0.15) is 0 Å². The van der Waals surface area contributed by atoms with Crippen LogP contribution in [0.25, 0.3) is 11.0 Å². The highest BCUT2D eigenvalue weighted by Gasteiger charge is 2.58. The molecular weight excluding hydrogens is 507 g/mol. The summed E-state index contributed by atoms with van der Waals surface area (Å²) in [5, 5.41) is 7.49. The topological polar surface area (TPSA) is 86.9 Å². The number of hydrogen-bond acceptors (Lipinski definition) is 4. The van der Waals surface area contributed by atoms with E-state index in [2.05, 4.69) is 27.8 Å². The molecule has 2 fully saturated rings. The molecule has 31 heavy (non-hydrogen) atoms. The quantitative estimate of drug-likeness (QED) is 0.196. The van der Waals surface area contributed by atoms with Gasteiger partial charge in [-0.05, 0) is 37.3 Å². The van der Waals surface area contributed by atoms with Crippen LogP contribution in [0.15, 0.2) is 51.9 Å². The predicted molar refractivity (Wildman–Crippen MR) is 129 cm³/mol. The van der Waals surface area contributed by atoms with Gasteiger partial charge in [-0.1, -0.05) is 30.4 Å². The average molecular weight is 534 g/mol. The summed E-state index contributed by atoms with van der Waals surface area (Å²) in [4.78, 5) is 31.6. The van der Waals surface area contributed by atoms with Crippen LogP contribution >= 0.6 is 24.0 Å². The van der Waals surface area contributed by atoms with Gasteiger partial charge in [-0.3, -0.25) is 14.5 Å². The van der Waals surface area contributed by atoms with E-state index < -0.39 is 0 Å². The number of aliphatic imine (C=N–C) groups is 1. The summed E-state index contributed by atoms with van der Waals surface area (Å²) in [6, 6.07) is 9.86. The molecule has 2 N–H and O–H groups in total. The lowest BCUT2D eigenvalue weighted by Gasteiger charge is -2.18. The molecular formula is C23H27IN4O3. The van der Waals surface area contributed by atoms with Gasteiger partial charge in [0.1, 0.15) is 17.9 Å². The second-order valence-electron chi connectivity index (χ2n) is 8.20. The summed E-state index contributed by atoms with van der Waals surface area (Å²) >= 11 is 0. The maximum Gasteiger partial charge on any atom is 0.233 e. The first-order valence-corrected chi connectivity index (χ1v) is 10.7. The minimum absolute atomic E-state index is 0. The van der Waals surface area contributed by atoms with Gasteiger partial charge in [0.15, 0.2) is 5.96 Å². The molecule has 1 aromatic heterocycles. The predicted octanol–water partition coefficient (Wildman–Crippen LogP) is 2.91. The van der Waals surface area contributed by atoms with Crippen LogP contribution in [0.5, 0.6) is 0 Å². The van der Waals surface area contributed by atoms with Crippen LogP contribution in [0.3, 0.4) is 0 Å². The third-order valence-corrected chi connectivity index (χ3v) is 6.40. The molecule has 2 bridgehead atoms.